The van der Waals surface area contributed by atoms with Crippen LogP contribution in [0.25, 0.3) is 0 Å². The van der Waals surface area contributed by atoms with Gasteiger partial charge in [-0.3, -0.25) is 0 Å². The molecule has 1 saturated heterocycles. The molecule has 0 aromatic carbocycles. The van der Waals surface area contributed by atoms with Crippen LogP contribution in [-0.4, -0.2) is 38.1 Å². The first-order valence-corrected chi connectivity index (χ1v) is 4.90. The molecule has 1 heterocycles. The van der Waals surface area contributed by atoms with E-state index in [1.54, 1.807) is 0 Å². The number of nitrogens with zero attached hydrogens (tertiary/aromatic N) is 1. The molecule has 1 unspecified atom stereocenters. The van der Waals surface area contributed by atoms with Crippen LogP contribution in [0.1, 0.15) is 26.7 Å². The highest BCUT2D eigenvalue weighted by Crippen LogP contribution is 2.30. The van der Waals surface area contributed by atoms with E-state index in [9.17, 15) is 0 Å². The third kappa shape index (κ3) is 2.46. The largest absolute Gasteiger partial charge is 0.312 e. The molecule has 12 heavy (non-hydrogen) atoms. The zero-order valence-electron chi connectivity index (χ0n) is 8.85. The van der Waals surface area contributed by atoms with E-state index in [1.807, 2.05) is 0 Å². The van der Waals surface area contributed by atoms with Crippen molar-refractivity contribution in [3.8, 4) is 0 Å². The molecule has 1 fully saturated rings. The molecule has 1 aliphatic rings. The zero-order chi connectivity index (χ0) is 9.19. The molecule has 0 bridgehead atoms. The summed E-state index contributed by atoms with van der Waals surface area (Å²) in [5.41, 5.74) is 0.475. The van der Waals surface area contributed by atoms with Crippen LogP contribution in [0.15, 0.2) is 0 Å². The highest BCUT2D eigenvalue weighted by molar-refractivity contribution is 4.89. The minimum atomic E-state index is 0.475. The Labute approximate surface area is 76.3 Å². The van der Waals surface area contributed by atoms with Crippen LogP contribution in [0.2, 0.25) is 0 Å². The molecule has 1 atom stereocenters. The summed E-state index contributed by atoms with van der Waals surface area (Å²) in [5, 5.41) is 3.60. The fourth-order valence-corrected chi connectivity index (χ4v) is 1.95. The smallest absolute Gasteiger partial charge is 0.0245 e. The molecule has 0 aliphatic carbocycles. The van der Waals surface area contributed by atoms with Crippen molar-refractivity contribution in [3.05, 3.63) is 0 Å². The molecule has 0 spiro atoms. The van der Waals surface area contributed by atoms with E-state index in [0.29, 0.717) is 11.5 Å². The summed E-state index contributed by atoms with van der Waals surface area (Å²) in [5.74, 6) is 0. The van der Waals surface area contributed by atoms with Crippen LogP contribution in [-0.2, 0) is 0 Å². The third-order valence-corrected chi connectivity index (χ3v) is 2.88. The van der Waals surface area contributed by atoms with Gasteiger partial charge in [-0.15, -0.1) is 0 Å². The molecular formula is C10H22N2. The number of rotatable bonds is 2. The predicted molar refractivity (Wildman–Crippen MR) is 53.4 cm³/mol. The Morgan fingerprint density at radius 3 is 2.58 bits per heavy atom. The molecule has 2 heteroatoms. The first-order chi connectivity index (χ1) is 5.52. The summed E-state index contributed by atoms with van der Waals surface area (Å²) < 4.78 is 0. The van der Waals surface area contributed by atoms with Crippen molar-refractivity contribution < 1.29 is 0 Å². The highest BCUT2D eigenvalue weighted by Gasteiger charge is 2.31. The van der Waals surface area contributed by atoms with Crippen molar-refractivity contribution in [3.63, 3.8) is 0 Å². The van der Waals surface area contributed by atoms with Gasteiger partial charge in [-0.2, -0.15) is 0 Å². The van der Waals surface area contributed by atoms with Crippen LogP contribution in [0.3, 0.4) is 0 Å². The number of likely N-dealkylation sites (N-methyl/N-ethyl adjacent to an activating group) is 1. The second-order valence-electron chi connectivity index (χ2n) is 4.86. The van der Waals surface area contributed by atoms with E-state index in [2.05, 4.69) is 38.2 Å². The monoisotopic (exact) mass is 170 g/mol. The Bertz CT molecular complexity index is 141. The summed E-state index contributed by atoms with van der Waals surface area (Å²) in [6.07, 6.45) is 2.69. The van der Waals surface area contributed by atoms with Crippen LogP contribution >= 0.6 is 0 Å². The van der Waals surface area contributed by atoms with Crippen LogP contribution < -0.4 is 5.32 Å². The van der Waals surface area contributed by atoms with Gasteiger partial charge in [0.2, 0.25) is 0 Å². The molecule has 2 nitrogen and oxygen atoms in total. The maximum Gasteiger partial charge on any atom is 0.0245 e. The van der Waals surface area contributed by atoms with Crippen LogP contribution in [0, 0.1) is 5.41 Å². The summed E-state index contributed by atoms with van der Waals surface area (Å²) in [7, 11) is 4.29. The molecule has 1 rings (SSSR count). The number of nitrogens with one attached hydrogen (secondary N) is 1. The van der Waals surface area contributed by atoms with Crippen LogP contribution in [0.5, 0.6) is 0 Å². The molecule has 0 aromatic heterocycles. The minimum absolute atomic E-state index is 0.475. The number of hydrogen-bond acceptors (Lipinski definition) is 2. The van der Waals surface area contributed by atoms with Crippen molar-refractivity contribution in [1.29, 1.82) is 0 Å². The van der Waals surface area contributed by atoms with Gasteiger partial charge in [-0.25, -0.2) is 0 Å². The molecule has 72 valence electrons. The molecule has 0 amide bonds. The van der Waals surface area contributed by atoms with E-state index < -0.39 is 0 Å². The fourth-order valence-electron chi connectivity index (χ4n) is 1.95. The van der Waals surface area contributed by atoms with E-state index in [0.717, 1.165) is 6.54 Å². The molecule has 0 saturated carbocycles. The second kappa shape index (κ2) is 3.75. The maximum atomic E-state index is 3.60. The quantitative estimate of drug-likeness (QED) is 0.672. The second-order valence-corrected chi connectivity index (χ2v) is 4.86. The van der Waals surface area contributed by atoms with Crippen molar-refractivity contribution in [2.24, 2.45) is 5.41 Å². The van der Waals surface area contributed by atoms with Gasteiger partial charge in [0.25, 0.3) is 0 Å². The summed E-state index contributed by atoms with van der Waals surface area (Å²) in [4.78, 5) is 2.27. The fraction of sp³-hybridized carbons (Fsp3) is 1.00. The molecule has 1 N–H and O–H groups in total. The Morgan fingerprint density at radius 2 is 2.08 bits per heavy atom. The van der Waals surface area contributed by atoms with Gasteiger partial charge in [-0.1, -0.05) is 13.8 Å². The zero-order valence-corrected chi connectivity index (χ0v) is 8.85. The van der Waals surface area contributed by atoms with Crippen molar-refractivity contribution in [1.82, 2.24) is 10.2 Å². The van der Waals surface area contributed by atoms with Crippen LogP contribution in [0.4, 0.5) is 0 Å². The van der Waals surface area contributed by atoms with Gasteiger partial charge in [-0.05, 0) is 38.9 Å². The van der Waals surface area contributed by atoms with Crippen molar-refractivity contribution in [2.45, 2.75) is 32.7 Å². The van der Waals surface area contributed by atoms with Gasteiger partial charge >= 0.3 is 0 Å². The SMILES string of the molecule is CN(C)CC1NCCCC1(C)C. The predicted octanol–water partition coefficient (Wildman–Crippen LogP) is 1.33. The van der Waals surface area contributed by atoms with E-state index in [4.69, 9.17) is 0 Å². The standard InChI is InChI=1S/C10H22N2/c1-10(2)6-5-7-11-9(10)8-12(3)4/h9,11H,5-8H2,1-4H3. The average molecular weight is 170 g/mol. The lowest BCUT2D eigenvalue weighted by Crippen LogP contribution is -2.51. The van der Waals surface area contributed by atoms with Crippen molar-refractivity contribution in [2.75, 3.05) is 27.2 Å². The van der Waals surface area contributed by atoms with Gasteiger partial charge < -0.3 is 10.2 Å². The Balaban J connectivity index is 2.48. The minimum Gasteiger partial charge on any atom is -0.312 e. The van der Waals surface area contributed by atoms with Gasteiger partial charge in [0.05, 0.1) is 0 Å². The van der Waals surface area contributed by atoms with Crippen molar-refractivity contribution >= 4 is 0 Å². The normalized spacial score (nSPS) is 29.2. The molecular weight excluding hydrogens is 148 g/mol. The average Bonchev–Trinajstić information content (AvgIpc) is 1.92. The maximum absolute atomic E-state index is 3.60. The lowest BCUT2D eigenvalue weighted by Gasteiger charge is -2.40. The topological polar surface area (TPSA) is 15.3 Å². The molecule has 0 radical (unpaired) electrons. The Kier molecular flexibility index (Phi) is 3.13. The van der Waals surface area contributed by atoms with E-state index in [1.165, 1.54) is 19.4 Å². The first kappa shape index (κ1) is 10.0. The highest BCUT2D eigenvalue weighted by atomic mass is 15.1. The number of piperidine rings is 1. The van der Waals surface area contributed by atoms with Gasteiger partial charge in [0.15, 0.2) is 0 Å². The number of hydrogen-bond donors (Lipinski definition) is 1. The lowest BCUT2D eigenvalue weighted by molar-refractivity contribution is 0.148. The summed E-state index contributed by atoms with van der Waals surface area (Å²) in [6, 6.07) is 0.668. The molecule has 0 aromatic rings. The summed E-state index contributed by atoms with van der Waals surface area (Å²) in [6.45, 7) is 7.09. The lowest BCUT2D eigenvalue weighted by atomic mass is 9.77. The first-order valence-electron chi connectivity index (χ1n) is 4.90. The van der Waals surface area contributed by atoms with Gasteiger partial charge in [0.1, 0.15) is 0 Å². The Morgan fingerprint density at radius 1 is 1.42 bits per heavy atom. The summed E-state index contributed by atoms with van der Waals surface area (Å²) >= 11 is 0. The molecule has 1 aliphatic heterocycles. The van der Waals surface area contributed by atoms with E-state index in [-0.39, 0.29) is 0 Å². The third-order valence-electron chi connectivity index (χ3n) is 2.88. The van der Waals surface area contributed by atoms with Gasteiger partial charge in [0, 0.05) is 12.6 Å². The Hall–Kier alpha value is -0.0800. The van der Waals surface area contributed by atoms with E-state index >= 15 is 0 Å².